The first-order valence-electron chi connectivity index (χ1n) is 6.66. The molecule has 1 atom stereocenters. The molecule has 0 bridgehead atoms. The van der Waals surface area contributed by atoms with E-state index in [4.69, 9.17) is 11.6 Å². The summed E-state index contributed by atoms with van der Waals surface area (Å²) in [4.78, 5) is 4.35. The molecule has 0 aliphatic rings. The molecule has 2 nitrogen and oxygen atoms in total. The maximum absolute atomic E-state index is 6.00. The van der Waals surface area contributed by atoms with Gasteiger partial charge in [0.05, 0.1) is 5.52 Å². The molecular formula is C16H21ClN2. The van der Waals surface area contributed by atoms with E-state index < -0.39 is 0 Å². The molecule has 3 heteroatoms. The Bertz CT molecular complexity index is 572. The summed E-state index contributed by atoms with van der Waals surface area (Å²) in [5.41, 5.74) is 2.36. The Labute approximate surface area is 120 Å². The summed E-state index contributed by atoms with van der Waals surface area (Å²) in [5.74, 6) is 0.586. The summed E-state index contributed by atoms with van der Waals surface area (Å²) >= 11 is 6.00. The van der Waals surface area contributed by atoms with Crippen LogP contribution < -0.4 is 5.32 Å². The molecule has 2 rings (SSSR count). The topological polar surface area (TPSA) is 24.9 Å². The van der Waals surface area contributed by atoms with Crippen molar-refractivity contribution >= 4 is 28.2 Å². The summed E-state index contributed by atoms with van der Waals surface area (Å²) in [6.07, 6.45) is 1.82. The van der Waals surface area contributed by atoms with Gasteiger partial charge in [-0.2, -0.15) is 0 Å². The highest BCUT2D eigenvalue weighted by atomic mass is 35.5. The van der Waals surface area contributed by atoms with Gasteiger partial charge >= 0.3 is 0 Å². The standard InChI is InChI=1S/C16H21ClN2/c1-11(16(2,3)4)10-19-14-7-8-18-15-9-12(17)5-6-13(14)15/h5-9,11H,10H2,1-4H3,(H,18,19). The van der Waals surface area contributed by atoms with Crippen LogP contribution in [-0.4, -0.2) is 11.5 Å². The van der Waals surface area contributed by atoms with Crippen LogP contribution in [0.1, 0.15) is 27.7 Å². The minimum atomic E-state index is 0.305. The number of anilines is 1. The second-order valence-electron chi connectivity index (χ2n) is 6.17. The zero-order valence-corrected chi connectivity index (χ0v) is 12.8. The van der Waals surface area contributed by atoms with Crippen LogP contribution >= 0.6 is 11.6 Å². The van der Waals surface area contributed by atoms with E-state index >= 15 is 0 Å². The van der Waals surface area contributed by atoms with Crippen LogP contribution in [0.4, 0.5) is 5.69 Å². The lowest BCUT2D eigenvalue weighted by Gasteiger charge is -2.27. The summed E-state index contributed by atoms with van der Waals surface area (Å²) in [7, 11) is 0. The molecule has 1 N–H and O–H groups in total. The minimum absolute atomic E-state index is 0.305. The van der Waals surface area contributed by atoms with Crippen LogP contribution in [0.5, 0.6) is 0 Å². The molecule has 19 heavy (non-hydrogen) atoms. The quantitative estimate of drug-likeness (QED) is 0.855. The van der Waals surface area contributed by atoms with Gasteiger partial charge in [-0.15, -0.1) is 0 Å². The van der Waals surface area contributed by atoms with Gasteiger partial charge < -0.3 is 5.32 Å². The van der Waals surface area contributed by atoms with Crippen molar-refractivity contribution in [3.05, 3.63) is 35.5 Å². The van der Waals surface area contributed by atoms with Crippen molar-refractivity contribution in [2.24, 2.45) is 11.3 Å². The number of hydrogen-bond donors (Lipinski definition) is 1. The summed E-state index contributed by atoms with van der Waals surface area (Å²) < 4.78 is 0. The van der Waals surface area contributed by atoms with Crippen LogP contribution in [0.2, 0.25) is 5.02 Å². The Hall–Kier alpha value is -1.28. The van der Waals surface area contributed by atoms with Crippen LogP contribution in [0.15, 0.2) is 30.5 Å². The largest absolute Gasteiger partial charge is 0.384 e. The molecule has 1 heterocycles. The zero-order valence-electron chi connectivity index (χ0n) is 12.0. The number of halogens is 1. The molecule has 2 aromatic rings. The van der Waals surface area contributed by atoms with Gasteiger partial charge in [0.15, 0.2) is 0 Å². The van der Waals surface area contributed by atoms with E-state index in [0.29, 0.717) is 11.3 Å². The van der Waals surface area contributed by atoms with E-state index in [1.54, 1.807) is 0 Å². The highest BCUT2D eigenvalue weighted by molar-refractivity contribution is 6.31. The average molecular weight is 277 g/mol. The van der Waals surface area contributed by atoms with Crippen LogP contribution in [0, 0.1) is 11.3 Å². The number of pyridine rings is 1. The number of rotatable bonds is 3. The fraction of sp³-hybridized carbons (Fsp3) is 0.438. The highest BCUT2D eigenvalue weighted by Crippen LogP contribution is 2.28. The molecule has 102 valence electrons. The summed E-state index contributed by atoms with van der Waals surface area (Å²) in [5, 5.41) is 5.37. The molecule has 0 amide bonds. The first-order chi connectivity index (χ1) is 8.88. The first-order valence-corrected chi connectivity index (χ1v) is 7.04. The number of fused-ring (bicyclic) bond motifs is 1. The summed E-state index contributed by atoms with van der Waals surface area (Å²) in [6, 6.07) is 7.85. The second-order valence-corrected chi connectivity index (χ2v) is 6.60. The van der Waals surface area contributed by atoms with Gasteiger partial charge in [-0.25, -0.2) is 0 Å². The first kappa shape index (κ1) is 14.1. The molecule has 0 radical (unpaired) electrons. The number of benzene rings is 1. The third-order valence-corrected chi connectivity index (χ3v) is 4.02. The third-order valence-electron chi connectivity index (χ3n) is 3.78. The van der Waals surface area contributed by atoms with E-state index in [9.17, 15) is 0 Å². The highest BCUT2D eigenvalue weighted by Gasteiger charge is 2.19. The van der Waals surface area contributed by atoms with Gasteiger partial charge in [-0.05, 0) is 35.6 Å². The molecule has 1 unspecified atom stereocenters. The van der Waals surface area contributed by atoms with Gasteiger partial charge in [-0.1, -0.05) is 39.3 Å². The fourth-order valence-corrected chi connectivity index (χ4v) is 2.01. The normalized spacial score (nSPS) is 13.5. The Morgan fingerprint density at radius 1 is 1.26 bits per heavy atom. The van der Waals surface area contributed by atoms with E-state index in [1.165, 1.54) is 0 Å². The van der Waals surface area contributed by atoms with E-state index in [1.807, 2.05) is 30.5 Å². The minimum Gasteiger partial charge on any atom is -0.384 e. The number of nitrogens with one attached hydrogen (secondary N) is 1. The summed E-state index contributed by atoms with van der Waals surface area (Å²) in [6.45, 7) is 10.0. The fourth-order valence-electron chi connectivity index (χ4n) is 1.84. The van der Waals surface area contributed by atoms with Gasteiger partial charge in [0.25, 0.3) is 0 Å². The van der Waals surface area contributed by atoms with Crippen molar-refractivity contribution < 1.29 is 0 Å². The third kappa shape index (κ3) is 3.38. The van der Waals surface area contributed by atoms with E-state index in [2.05, 4.69) is 38.0 Å². The SMILES string of the molecule is CC(CNc1ccnc2cc(Cl)ccc12)C(C)(C)C. The number of hydrogen-bond acceptors (Lipinski definition) is 2. The average Bonchev–Trinajstić information content (AvgIpc) is 2.34. The zero-order chi connectivity index (χ0) is 14.0. The van der Waals surface area contributed by atoms with Crippen molar-refractivity contribution in [2.45, 2.75) is 27.7 Å². The van der Waals surface area contributed by atoms with Crippen LogP contribution in [-0.2, 0) is 0 Å². The Balaban J connectivity index is 2.22. The molecular weight excluding hydrogens is 256 g/mol. The van der Waals surface area contributed by atoms with Crippen molar-refractivity contribution in [3.8, 4) is 0 Å². The van der Waals surface area contributed by atoms with Gasteiger partial charge in [-0.3, -0.25) is 4.98 Å². The van der Waals surface area contributed by atoms with Crippen LogP contribution in [0.3, 0.4) is 0 Å². The van der Waals surface area contributed by atoms with Crippen molar-refractivity contribution in [3.63, 3.8) is 0 Å². The molecule has 0 saturated heterocycles. The van der Waals surface area contributed by atoms with Gasteiger partial charge in [0, 0.05) is 28.8 Å². The molecule has 0 saturated carbocycles. The second kappa shape index (κ2) is 5.38. The van der Waals surface area contributed by atoms with Crippen molar-refractivity contribution in [1.29, 1.82) is 0 Å². The van der Waals surface area contributed by atoms with Gasteiger partial charge in [0.2, 0.25) is 0 Å². The maximum Gasteiger partial charge on any atom is 0.0737 e. The smallest absolute Gasteiger partial charge is 0.0737 e. The Morgan fingerprint density at radius 2 is 2.00 bits per heavy atom. The molecule has 1 aromatic carbocycles. The lowest BCUT2D eigenvalue weighted by molar-refractivity contribution is 0.274. The lowest BCUT2D eigenvalue weighted by atomic mass is 9.82. The molecule has 0 spiro atoms. The Morgan fingerprint density at radius 3 is 2.68 bits per heavy atom. The van der Waals surface area contributed by atoms with Crippen molar-refractivity contribution in [2.75, 3.05) is 11.9 Å². The molecule has 0 aliphatic heterocycles. The predicted octanol–water partition coefficient (Wildman–Crippen LogP) is 4.98. The van der Waals surface area contributed by atoms with Gasteiger partial charge in [0.1, 0.15) is 0 Å². The van der Waals surface area contributed by atoms with Crippen LogP contribution in [0.25, 0.3) is 10.9 Å². The molecule has 1 aromatic heterocycles. The van der Waals surface area contributed by atoms with E-state index in [-0.39, 0.29) is 0 Å². The Kier molecular flexibility index (Phi) is 4.00. The molecule has 0 aliphatic carbocycles. The van der Waals surface area contributed by atoms with Crippen molar-refractivity contribution in [1.82, 2.24) is 4.98 Å². The maximum atomic E-state index is 6.00. The number of aromatic nitrogens is 1. The predicted molar refractivity (Wildman–Crippen MR) is 83.9 cm³/mol. The molecule has 0 fully saturated rings. The van der Waals surface area contributed by atoms with E-state index in [0.717, 1.165) is 28.2 Å². The monoisotopic (exact) mass is 276 g/mol. The number of nitrogens with zero attached hydrogens (tertiary/aromatic N) is 1. The lowest BCUT2D eigenvalue weighted by Crippen LogP contribution is -2.24.